The highest BCUT2D eigenvalue weighted by Gasteiger charge is 2.03. The first kappa shape index (κ1) is 10.5. The van der Waals surface area contributed by atoms with Crippen molar-refractivity contribution < 1.29 is 10.2 Å². The predicted octanol–water partition coefficient (Wildman–Crippen LogP) is 1.63. The van der Waals surface area contributed by atoms with Gasteiger partial charge in [0.15, 0.2) is 0 Å². The number of rotatable bonds is 4. The van der Waals surface area contributed by atoms with E-state index in [-0.39, 0.29) is 6.61 Å². The second kappa shape index (κ2) is 5.22. The molecule has 0 fully saturated rings. The lowest BCUT2D eigenvalue weighted by molar-refractivity contribution is 0.133. The topological polar surface area (TPSA) is 40.5 Å². The second-order valence-electron chi connectivity index (χ2n) is 3.00. The minimum atomic E-state index is -0.467. The largest absolute Gasteiger partial charge is 0.396 e. The molecule has 0 heterocycles. The van der Waals surface area contributed by atoms with Gasteiger partial charge in [-0.15, -0.1) is 0 Å². The summed E-state index contributed by atoms with van der Waals surface area (Å²) in [6, 6.07) is 7.34. The zero-order valence-electron chi connectivity index (χ0n) is 7.28. The van der Waals surface area contributed by atoms with Crippen LogP contribution in [-0.2, 0) is 6.42 Å². The number of benzene rings is 1. The summed E-state index contributed by atoms with van der Waals surface area (Å²) in [7, 11) is 0. The number of halogens is 1. The first-order valence-corrected chi connectivity index (χ1v) is 4.63. The molecular weight excluding hydrogens is 188 g/mol. The van der Waals surface area contributed by atoms with E-state index < -0.39 is 6.10 Å². The van der Waals surface area contributed by atoms with Gasteiger partial charge < -0.3 is 10.2 Å². The molecule has 0 aliphatic heterocycles. The number of hydrogen-bond donors (Lipinski definition) is 2. The van der Waals surface area contributed by atoms with Gasteiger partial charge in [0.05, 0.1) is 6.10 Å². The van der Waals surface area contributed by atoms with Gasteiger partial charge in [0.25, 0.3) is 0 Å². The summed E-state index contributed by atoms with van der Waals surface area (Å²) >= 11 is 5.71. The molecule has 1 unspecified atom stereocenters. The molecule has 1 aromatic rings. The minimum Gasteiger partial charge on any atom is -0.396 e. The molecule has 72 valence electrons. The molecule has 1 aromatic carbocycles. The van der Waals surface area contributed by atoms with Crippen LogP contribution in [0.3, 0.4) is 0 Å². The number of hydrogen-bond acceptors (Lipinski definition) is 2. The monoisotopic (exact) mass is 200 g/mol. The fourth-order valence-electron chi connectivity index (χ4n) is 1.14. The highest BCUT2D eigenvalue weighted by atomic mass is 35.5. The summed E-state index contributed by atoms with van der Waals surface area (Å²) in [5.74, 6) is 0. The van der Waals surface area contributed by atoms with E-state index >= 15 is 0 Å². The van der Waals surface area contributed by atoms with Crippen molar-refractivity contribution in [3.8, 4) is 0 Å². The molecule has 0 bridgehead atoms. The molecule has 0 spiro atoms. The lowest BCUT2D eigenvalue weighted by atomic mass is 10.1. The highest BCUT2D eigenvalue weighted by molar-refractivity contribution is 6.30. The van der Waals surface area contributed by atoms with E-state index in [1.54, 1.807) is 12.1 Å². The molecule has 0 aliphatic rings. The predicted molar refractivity (Wildman–Crippen MR) is 52.9 cm³/mol. The standard InChI is InChI=1S/C10H13ClO2/c11-9-3-1-8(2-4-9)7-10(13)5-6-12/h1-4,10,12-13H,5-7H2. The Kier molecular flexibility index (Phi) is 4.22. The average molecular weight is 201 g/mol. The molecule has 1 rings (SSSR count). The van der Waals surface area contributed by atoms with Crippen LogP contribution in [0.1, 0.15) is 12.0 Å². The van der Waals surface area contributed by atoms with Crippen molar-refractivity contribution in [1.29, 1.82) is 0 Å². The lowest BCUT2D eigenvalue weighted by Gasteiger charge is -2.08. The third-order valence-electron chi connectivity index (χ3n) is 1.85. The van der Waals surface area contributed by atoms with Gasteiger partial charge in [-0.3, -0.25) is 0 Å². The third-order valence-corrected chi connectivity index (χ3v) is 2.10. The van der Waals surface area contributed by atoms with Crippen molar-refractivity contribution in [2.75, 3.05) is 6.61 Å². The first-order valence-electron chi connectivity index (χ1n) is 4.25. The normalized spacial score (nSPS) is 12.8. The molecule has 0 amide bonds. The molecule has 0 saturated heterocycles. The maximum Gasteiger partial charge on any atom is 0.0602 e. The van der Waals surface area contributed by atoms with Crippen molar-refractivity contribution >= 4 is 11.6 Å². The fourth-order valence-corrected chi connectivity index (χ4v) is 1.27. The van der Waals surface area contributed by atoms with Crippen molar-refractivity contribution in [1.82, 2.24) is 0 Å². The van der Waals surface area contributed by atoms with Crippen LogP contribution in [0.5, 0.6) is 0 Å². The van der Waals surface area contributed by atoms with Gasteiger partial charge in [0.2, 0.25) is 0 Å². The smallest absolute Gasteiger partial charge is 0.0602 e. The molecule has 2 nitrogen and oxygen atoms in total. The molecule has 13 heavy (non-hydrogen) atoms. The summed E-state index contributed by atoms with van der Waals surface area (Å²) in [5, 5.41) is 18.7. The molecule has 2 N–H and O–H groups in total. The van der Waals surface area contributed by atoms with E-state index in [2.05, 4.69) is 0 Å². The Hall–Kier alpha value is -0.570. The maximum absolute atomic E-state index is 9.38. The van der Waals surface area contributed by atoms with Crippen molar-refractivity contribution in [3.05, 3.63) is 34.9 Å². The van der Waals surface area contributed by atoms with Gasteiger partial charge in [0.1, 0.15) is 0 Å². The van der Waals surface area contributed by atoms with Gasteiger partial charge in [-0.2, -0.15) is 0 Å². The van der Waals surface area contributed by atoms with E-state index in [9.17, 15) is 5.11 Å². The van der Waals surface area contributed by atoms with Crippen LogP contribution >= 0.6 is 11.6 Å². The minimum absolute atomic E-state index is 0.0226. The van der Waals surface area contributed by atoms with Crippen LogP contribution in [0.2, 0.25) is 5.02 Å². The molecular formula is C10H13ClO2. The van der Waals surface area contributed by atoms with Crippen molar-refractivity contribution in [2.45, 2.75) is 18.9 Å². The molecule has 1 atom stereocenters. The highest BCUT2D eigenvalue weighted by Crippen LogP contribution is 2.11. The lowest BCUT2D eigenvalue weighted by Crippen LogP contribution is -2.11. The zero-order chi connectivity index (χ0) is 9.68. The molecule has 0 aliphatic carbocycles. The number of aliphatic hydroxyl groups is 2. The summed E-state index contributed by atoms with van der Waals surface area (Å²) in [5.41, 5.74) is 1.03. The SMILES string of the molecule is OCCC(O)Cc1ccc(Cl)cc1. The maximum atomic E-state index is 9.38. The Morgan fingerprint density at radius 3 is 2.38 bits per heavy atom. The Bertz CT molecular complexity index is 246. The van der Waals surface area contributed by atoms with E-state index in [4.69, 9.17) is 16.7 Å². The van der Waals surface area contributed by atoms with E-state index in [1.807, 2.05) is 12.1 Å². The van der Waals surface area contributed by atoms with Crippen LogP contribution < -0.4 is 0 Å². The molecule has 0 radical (unpaired) electrons. The number of aliphatic hydroxyl groups excluding tert-OH is 2. The van der Waals surface area contributed by atoms with E-state index in [0.29, 0.717) is 17.9 Å². The Morgan fingerprint density at radius 2 is 1.85 bits per heavy atom. The third kappa shape index (κ3) is 3.77. The van der Waals surface area contributed by atoms with Gasteiger partial charge in [0, 0.05) is 11.6 Å². The Balaban J connectivity index is 2.49. The van der Waals surface area contributed by atoms with Crippen LogP contribution in [0.15, 0.2) is 24.3 Å². The Morgan fingerprint density at radius 1 is 1.23 bits per heavy atom. The van der Waals surface area contributed by atoms with Gasteiger partial charge >= 0.3 is 0 Å². The molecule has 0 saturated carbocycles. The van der Waals surface area contributed by atoms with Gasteiger partial charge in [-0.25, -0.2) is 0 Å². The van der Waals surface area contributed by atoms with Crippen LogP contribution in [0.4, 0.5) is 0 Å². The van der Waals surface area contributed by atoms with Crippen molar-refractivity contribution in [2.24, 2.45) is 0 Å². The van der Waals surface area contributed by atoms with Crippen LogP contribution in [0, 0.1) is 0 Å². The quantitative estimate of drug-likeness (QED) is 0.776. The summed E-state index contributed by atoms with van der Waals surface area (Å²) in [6.07, 6.45) is 0.520. The second-order valence-corrected chi connectivity index (χ2v) is 3.43. The molecule has 0 aromatic heterocycles. The van der Waals surface area contributed by atoms with Crippen LogP contribution in [0.25, 0.3) is 0 Å². The average Bonchev–Trinajstić information content (AvgIpc) is 2.09. The van der Waals surface area contributed by atoms with Crippen molar-refractivity contribution in [3.63, 3.8) is 0 Å². The Labute approximate surface area is 82.8 Å². The first-order chi connectivity index (χ1) is 6.22. The van der Waals surface area contributed by atoms with Gasteiger partial charge in [-0.1, -0.05) is 23.7 Å². The summed E-state index contributed by atoms with van der Waals surface area (Å²) in [4.78, 5) is 0. The zero-order valence-corrected chi connectivity index (χ0v) is 8.04. The summed E-state index contributed by atoms with van der Waals surface area (Å²) < 4.78 is 0. The fraction of sp³-hybridized carbons (Fsp3) is 0.400. The van der Waals surface area contributed by atoms with Gasteiger partial charge in [-0.05, 0) is 30.5 Å². The van der Waals surface area contributed by atoms with E-state index in [1.165, 1.54) is 0 Å². The van der Waals surface area contributed by atoms with Crippen LogP contribution in [-0.4, -0.2) is 22.9 Å². The molecule has 3 heteroatoms. The summed E-state index contributed by atoms with van der Waals surface area (Å²) in [6.45, 7) is 0.0226. The van der Waals surface area contributed by atoms with E-state index in [0.717, 1.165) is 5.56 Å².